The monoisotopic (exact) mass is 300 g/mol. The minimum Gasteiger partial charge on any atom is -0.381 e. The lowest BCUT2D eigenvalue weighted by Gasteiger charge is -2.25. The van der Waals surface area contributed by atoms with Crippen molar-refractivity contribution in [3.8, 4) is 0 Å². The van der Waals surface area contributed by atoms with Gasteiger partial charge in [0.2, 0.25) is 5.91 Å². The Balaban J connectivity index is 2.26. The summed E-state index contributed by atoms with van der Waals surface area (Å²) in [5.74, 6) is -1.04. The number of carbonyl (C=O) groups is 1. The quantitative estimate of drug-likeness (QED) is 0.878. The number of hydrogen-bond donors (Lipinski definition) is 2. The second-order valence-electron chi connectivity index (χ2n) is 5.09. The number of hydrogen-bond acceptors (Lipinski definition) is 4. The highest BCUT2D eigenvalue weighted by molar-refractivity contribution is 7.91. The van der Waals surface area contributed by atoms with Crippen molar-refractivity contribution in [3.05, 3.63) is 29.1 Å². The van der Waals surface area contributed by atoms with Gasteiger partial charge in [-0.1, -0.05) is 0 Å². The maximum Gasteiger partial charge on any atom is 0.248 e. The number of rotatable bonds is 3. The van der Waals surface area contributed by atoms with Crippen LogP contribution in [-0.4, -0.2) is 31.9 Å². The van der Waals surface area contributed by atoms with Crippen LogP contribution < -0.4 is 11.1 Å². The summed E-state index contributed by atoms with van der Waals surface area (Å²) in [6.45, 7) is 1.57. The molecule has 1 heterocycles. The molecule has 1 aromatic rings. The Morgan fingerprint density at radius 2 is 2.15 bits per heavy atom. The van der Waals surface area contributed by atoms with Crippen molar-refractivity contribution in [1.82, 2.24) is 0 Å². The number of carbonyl (C=O) groups excluding carboxylic acids is 1. The zero-order valence-corrected chi connectivity index (χ0v) is 12.0. The molecule has 1 fully saturated rings. The Morgan fingerprint density at radius 3 is 2.75 bits per heavy atom. The molecule has 3 N–H and O–H groups in total. The lowest BCUT2D eigenvalue weighted by molar-refractivity contribution is 0.1000. The van der Waals surface area contributed by atoms with Gasteiger partial charge in [0.25, 0.3) is 0 Å². The smallest absolute Gasteiger partial charge is 0.248 e. The minimum atomic E-state index is -3.05. The summed E-state index contributed by atoms with van der Waals surface area (Å²) in [6, 6.07) is 2.28. The molecule has 1 atom stereocenters. The molecule has 20 heavy (non-hydrogen) atoms. The van der Waals surface area contributed by atoms with Crippen LogP contribution in [-0.2, 0) is 9.84 Å². The molecule has 0 bridgehead atoms. The van der Waals surface area contributed by atoms with Crippen LogP contribution in [0.3, 0.4) is 0 Å². The molecule has 110 valence electrons. The number of benzene rings is 1. The molecule has 1 saturated heterocycles. The van der Waals surface area contributed by atoms with Gasteiger partial charge in [0.05, 0.1) is 11.5 Å². The molecule has 1 aliphatic heterocycles. The van der Waals surface area contributed by atoms with Crippen molar-refractivity contribution in [2.45, 2.75) is 25.8 Å². The van der Waals surface area contributed by atoms with E-state index in [0.29, 0.717) is 24.1 Å². The van der Waals surface area contributed by atoms with Crippen molar-refractivity contribution < 1.29 is 17.6 Å². The van der Waals surface area contributed by atoms with Crippen molar-refractivity contribution in [1.29, 1.82) is 0 Å². The van der Waals surface area contributed by atoms with E-state index >= 15 is 0 Å². The molecule has 1 aromatic carbocycles. The highest BCUT2D eigenvalue weighted by Gasteiger charge is 2.25. The highest BCUT2D eigenvalue weighted by Crippen LogP contribution is 2.24. The number of nitrogens with two attached hydrogens (primary N) is 1. The summed E-state index contributed by atoms with van der Waals surface area (Å²) < 4.78 is 36.9. The Kier molecular flexibility index (Phi) is 3.99. The lowest BCUT2D eigenvalue weighted by atomic mass is 10.1. The van der Waals surface area contributed by atoms with Gasteiger partial charge >= 0.3 is 0 Å². The van der Waals surface area contributed by atoms with Crippen LogP contribution in [0.25, 0.3) is 0 Å². The van der Waals surface area contributed by atoms with Crippen molar-refractivity contribution in [2.75, 3.05) is 16.8 Å². The van der Waals surface area contributed by atoms with Gasteiger partial charge in [0.15, 0.2) is 9.84 Å². The molecule has 7 heteroatoms. The molecule has 1 aliphatic rings. The van der Waals surface area contributed by atoms with E-state index in [0.717, 1.165) is 6.07 Å². The van der Waals surface area contributed by atoms with Gasteiger partial charge < -0.3 is 11.1 Å². The zero-order chi connectivity index (χ0) is 14.9. The summed E-state index contributed by atoms with van der Waals surface area (Å²) in [4.78, 5) is 11.1. The molecule has 0 aromatic heterocycles. The maximum atomic E-state index is 13.7. The van der Waals surface area contributed by atoms with E-state index in [1.807, 2.05) is 0 Å². The van der Waals surface area contributed by atoms with E-state index in [4.69, 9.17) is 5.73 Å². The van der Waals surface area contributed by atoms with Crippen molar-refractivity contribution in [3.63, 3.8) is 0 Å². The molecular weight excluding hydrogens is 283 g/mol. The highest BCUT2D eigenvalue weighted by atomic mass is 32.2. The van der Waals surface area contributed by atoms with Crippen LogP contribution in [0, 0.1) is 12.7 Å². The molecule has 5 nitrogen and oxygen atoms in total. The van der Waals surface area contributed by atoms with E-state index in [2.05, 4.69) is 5.32 Å². The first-order valence-corrected chi connectivity index (χ1v) is 8.17. The molecular formula is C13H17FN2O3S. The summed E-state index contributed by atoms with van der Waals surface area (Å²) in [7, 11) is -3.05. The summed E-state index contributed by atoms with van der Waals surface area (Å²) in [5.41, 5.74) is 5.98. The average Bonchev–Trinajstić information content (AvgIpc) is 2.33. The van der Waals surface area contributed by atoms with E-state index in [1.54, 1.807) is 6.92 Å². The fourth-order valence-electron chi connectivity index (χ4n) is 2.33. The molecule has 1 amide bonds. The van der Waals surface area contributed by atoms with Gasteiger partial charge in [-0.15, -0.1) is 0 Å². The van der Waals surface area contributed by atoms with Crippen LogP contribution in [0.1, 0.15) is 28.8 Å². The normalized spacial score (nSPS) is 21.4. The average molecular weight is 300 g/mol. The van der Waals surface area contributed by atoms with Gasteiger partial charge in [-0.3, -0.25) is 4.79 Å². The van der Waals surface area contributed by atoms with Crippen LogP contribution in [0.2, 0.25) is 0 Å². The second kappa shape index (κ2) is 5.40. The van der Waals surface area contributed by atoms with Crippen LogP contribution in [0.4, 0.5) is 10.1 Å². The third-order valence-electron chi connectivity index (χ3n) is 3.45. The number of nitrogens with one attached hydrogen (secondary N) is 1. The first-order chi connectivity index (χ1) is 9.28. The van der Waals surface area contributed by atoms with Crippen LogP contribution >= 0.6 is 0 Å². The van der Waals surface area contributed by atoms with Gasteiger partial charge in [-0.25, -0.2) is 12.8 Å². The van der Waals surface area contributed by atoms with Crippen LogP contribution in [0.5, 0.6) is 0 Å². The van der Waals surface area contributed by atoms with E-state index in [9.17, 15) is 17.6 Å². The van der Waals surface area contributed by atoms with Crippen molar-refractivity contribution >= 4 is 21.4 Å². The minimum absolute atomic E-state index is 0.0227. The second-order valence-corrected chi connectivity index (χ2v) is 7.32. The predicted molar refractivity (Wildman–Crippen MR) is 75.0 cm³/mol. The molecule has 2 rings (SSSR count). The largest absolute Gasteiger partial charge is 0.381 e. The predicted octanol–water partition coefficient (Wildman–Crippen LogP) is 1.22. The van der Waals surface area contributed by atoms with E-state index < -0.39 is 21.6 Å². The Bertz CT molecular complexity index is 643. The third kappa shape index (κ3) is 3.27. The fourth-order valence-corrected chi connectivity index (χ4v) is 3.96. The number of halogens is 1. The van der Waals surface area contributed by atoms with E-state index in [-0.39, 0.29) is 23.1 Å². The summed E-state index contributed by atoms with van der Waals surface area (Å²) in [5, 5.41) is 3.01. The first kappa shape index (κ1) is 14.8. The molecule has 0 aliphatic carbocycles. The summed E-state index contributed by atoms with van der Waals surface area (Å²) >= 11 is 0. The Morgan fingerprint density at radius 1 is 1.45 bits per heavy atom. The lowest BCUT2D eigenvalue weighted by Crippen LogP contribution is -2.35. The Hall–Kier alpha value is -1.63. The molecule has 1 unspecified atom stereocenters. The number of amides is 1. The van der Waals surface area contributed by atoms with Gasteiger partial charge in [0.1, 0.15) is 5.82 Å². The SMILES string of the molecule is Cc1c(F)cc(C(N)=O)cc1NC1CCCS(=O)(=O)C1. The van der Waals surface area contributed by atoms with Crippen LogP contribution in [0.15, 0.2) is 12.1 Å². The van der Waals surface area contributed by atoms with Crippen molar-refractivity contribution in [2.24, 2.45) is 5.73 Å². The van der Waals surface area contributed by atoms with Gasteiger partial charge in [-0.05, 0) is 31.9 Å². The maximum absolute atomic E-state index is 13.7. The van der Waals surface area contributed by atoms with Gasteiger partial charge in [-0.2, -0.15) is 0 Å². The Labute approximate surface area is 117 Å². The fraction of sp³-hybridized carbons (Fsp3) is 0.462. The van der Waals surface area contributed by atoms with E-state index in [1.165, 1.54) is 6.07 Å². The topological polar surface area (TPSA) is 89.3 Å². The first-order valence-electron chi connectivity index (χ1n) is 6.35. The molecule has 0 spiro atoms. The number of anilines is 1. The molecule has 0 radical (unpaired) electrons. The molecule has 0 saturated carbocycles. The zero-order valence-electron chi connectivity index (χ0n) is 11.1. The third-order valence-corrected chi connectivity index (χ3v) is 5.27. The standard InChI is InChI=1S/C13H17FN2O3S/c1-8-11(14)5-9(13(15)17)6-12(8)16-10-3-2-4-20(18,19)7-10/h5-6,10,16H,2-4,7H2,1H3,(H2,15,17). The number of sulfone groups is 1. The summed E-state index contributed by atoms with van der Waals surface area (Å²) in [6.07, 6.45) is 1.28. The van der Waals surface area contributed by atoms with Gasteiger partial charge in [0, 0.05) is 22.9 Å². The number of primary amides is 1.